The number of unbranched alkanes of at least 4 members (excludes halogenated alkanes) is 59. The van der Waals surface area contributed by atoms with Gasteiger partial charge in [0.15, 0.2) is 0 Å². The van der Waals surface area contributed by atoms with Crippen molar-refractivity contribution >= 4 is 11.9 Å². The summed E-state index contributed by atoms with van der Waals surface area (Å²) >= 11 is 0. The van der Waals surface area contributed by atoms with E-state index in [1.807, 2.05) is 6.08 Å². The van der Waals surface area contributed by atoms with E-state index in [-0.39, 0.29) is 18.5 Å². The number of esters is 1. The molecular weight excluding hydrogens is 1020 g/mol. The van der Waals surface area contributed by atoms with E-state index in [1.54, 1.807) is 6.08 Å². The number of hydrogen-bond donors (Lipinski definition) is 3. The van der Waals surface area contributed by atoms with Gasteiger partial charge in [0.1, 0.15) is 0 Å². The normalized spacial score (nSPS) is 12.6. The van der Waals surface area contributed by atoms with E-state index in [2.05, 4.69) is 31.3 Å². The molecule has 83 heavy (non-hydrogen) atoms. The van der Waals surface area contributed by atoms with Crippen LogP contribution in [0.4, 0.5) is 0 Å². The first-order valence-corrected chi connectivity index (χ1v) is 38.1. The molecule has 0 aliphatic rings. The first-order valence-electron chi connectivity index (χ1n) is 38.1. The second kappa shape index (κ2) is 72.8. The van der Waals surface area contributed by atoms with Crippen molar-refractivity contribution in [2.75, 3.05) is 13.2 Å². The van der Waals surface area contributed by atoms with Gasteiger partial charge in [0.05, 0.1) is 25.4 Å². The van der Waals surface area contributed by atoms with Gasteiger partial charge >= 0.3 is 5.97 Å². The Kier molecular flexibility index (Phi) is 71.4. The van der Waals surface area contributed by atoms with E-state index in [4.69, 9.17) is 4.74 Å². The first-order chi connectivity index (χ1) is 41.0. The minimum Gasteiger partial charge on any atom is -0.466 e. The highest BCUT2D eigenvalue weighted by Gasteiger charge is 2.18. The predicted molar refractivity (Wildman–Crippen MR) is 366 cm³/mol. The molecule has 3 N–H and O–H groups in total. The van der Waals surface area contributed by atoms with Gasteiger partial charge in [-0.3, -0.25) is 9.59 Å². The topological polar surface area (TPSA) is 95.9 Å². The summed E-state index contributed by atoms with van der Waals surface area (Å²) in [6.07, 6.45) is 92.8. The van der Waals surface area contributed by atoms with Gasteiger partial charge in [-0.2, -0.15) is 0 Å². The third kappa shape index (κ3) is 69.3. The number of carbonyl (C=O) groups excluding carboxylic acids is 2. The van der Waals surface area contributed by atoms with Crippen LogP contribution < -0.4 is 5.32 Å². The standard InChI is InChI=1S/C77H149NO5/c1-3-5-7-9-11-13-15-17-19-21-37-41-45-49-53-57-61-65-69-75(80)74(73-79)78-76(81)70-66-62-58-54-50-46-42-38-35-33-31-29-27-25-23-24-26-28-30-32-34-36-40-44-48-52-56-60-64-68-72-83-77(82)71-67-63-59-55-51-47-43-39-22-20-18-16-14-12-10-8-6-4-2/h24,26,65,69,74-75,79-80H,3-23,25,27-64,66-68,70-73H2,1-2H3,(H,78,81)/b26-24-,69-65+. The monoisotopic (exact) mass is 1170 g/mol. The molecule has 0 bridgehead atoms. The van der Waals surface area contributed by atoms with Crippen molar-refractivity contribution in [3.63, 3.8) is 0 Å². The molecule has 0 saturated heterocycles. The fourth-order valence-corrected chi connectivity index (χ4v) is 12.2. The lowest BCUT2D eigenvalue weighted by Crippen LogP contribution is -2.45. The fraction of sp³-hybridized carbons (Fsp3) is 0.922. The number of rotatable bonds is 72. The number of amides is 1. The molecule has 2 atom stereocenters. The molecule has 0 spiro atoms. The lowest BCUT2D eigenvalue weighted by Gasteiger charge is -2.20. The number of allylic oxidation sites excluding steroid dienone is 3. The molecule has 0 fully saturated rings. The molecule has 2 unspecified atom stereocenters. The van der Waals surface area contributed by atoms with Crippen LogP contribution in [-0.4, -0.2) is 47.4 Å². The molecule has 0 aromatic rings. The molecule has 0 heterocycles. The average molecular weight is 1170 g/mol. The summed E-state index contributed by atoms with van der Waals surface area (Å²) in [5, 5.41) is 23.2. The molecule has 0 rings (SSSR count). The summed E-state index contributed by atoms with van der Waals surface area (Å²) in [6, 6.07) is -0.627. The van der Waals surface area contributed by atoms with E-state index in [0.717, 1.165) is 38.5 Å². The number of aliphatic hydroxyl groups excluding tert-OH is 2. The molecule has 0 aliphatic heterocycles. The summed E-state index contributed by atoms with van der Waals surface area (Å²) in [5.41, 5.74) is 0. The highest BCUT2D eigenvalue weighted by atomic mass is 16.5. The lowest BCUT2D eigenvalue weighted by atomic mass is 10.0. The van der Waals surface area contributed by atoms with Crippen molar-refractivity contribution in [3.05, 3.63) is 24.3 Å². The zero-order valence-electron chi connectivity index (χ0n) is 56.5. The Labute approximate surface area is 520 Å². The Morgan fingerprint density at radius 2 is 0.566 bits per heavy atom. The van der Waals surface area contributed by atoms with Crippen LogP contribution >= 0.6 is 0 Å². The van der Waals surface area contributed by atoms with Crippen LogP contribution in [0.25, 0.3) is 0 Å². The van der Waals surface area contributed by atoms with Crippen LogP contribution in [0.1, 0.15) is 431 Å². The maximum atomic E-state index is 12.5. The van der Waals surface area contributed by atoms with Crippen LogP contribution in [0.3, 0.4) is 0 Å². The third-order valence-corrected chi connectivity index (χ3v) is 18.0. The number of ether oxygens (including phenoxy) is 1. The quantitative estimate of drug-likeness (QED) is 0.0320. The minimum atomic E-state index is -0.844. The molecule has 6 nitrogen and oxygen atoms in total. The van der Waals surface area contributed by atoms with Crippen molar-refractivity contribution in [2.45, 2.75) is 443 Å². The molecule has 0 aliphatic carbocycles. The maximum Gasteiger partial charge on any atom is 0.305 e. The van der Waals surface area contributed by atoms with Gasteiger partial charge in [-0.05, 0) is 57.8 Å². The molecule has 0 radical (unpaired) electrons. The van der Waals surface area contributed by atoms with Gasteiger partial charge in [-0.15, -0.1) is 0 Å². The molecule has 0 saturated carbocycles. The third-order valence-electron chi connectivity index (χ3n) is 18.0. The second-order valence-corrected chi connectivity index (χ2v) is 26.3. The summed E-state index contributed by atoms with van der Waals surface area (Å²) in [5.74, 6) is -0.0405. The Bertz CT molecular complexity index is 1300. The van der Waals surface area contributed by atoms with Crippen LogP contribution in [-0.2, 0) is 14.3 Å². The van der Waals surface area contributed by atoms with Gasteiger partial charge in [-0.1, -0.05) is 385 Å². The smallest absolute Gasteiger partial charge is 0.305 e. The molecule has 0 aromatic heterocycles. The second-order valence-electron chi connectivity index (χ2n) is 26.3. The fourth-order valence-electron chi connectivity index (χ4n) is 12.2. The highest BCUT2D eigenvalue weighted by molar-refractivity contribution is 5.76. The Hall–Kier alpha value is -1.66. The van der Waals surface area contributed by atoms with Gasteiger partial charge < -0.3 is 20.3 Å². The van der Waals surface area contributed by atoms with E-state index >= 15 is 0 Å². The largest absolute Gasteiger partial charge is 0.466 e. The zero-order valence-corrected chi connectivity index (χ0v) is 56.5. The summed E-state index contributed by atoms with van der Waals surface area (Å²) in [6.45, 7) is 4.96. The van der Waals surface area contributed by atoms with E-state index in [9.17, 15) is 19.8 Å². The van der Waals surface area contributed by atoms with Crippen molar-refractivity contribution in [3.8, 4) is 0 Å². The van der Waals surface area contributed by atoms with Gasteiger partial charge in [0, 0.05) is 12.8 Å². The Morgan fingerprint density at radius 3 is 0.855 bits per heavy atom. The van der Waals surface area contributed by atoms with E-state index in [1.165, 1.54) is 366 Å². The van der Waals surface area contributed by atoms with E-state index in [0.29, 0.717) is 19.4 Å². The SMILES string of the molecule is CCCCCCCCCCCCCCCCCC/C=C/C(O)C(CO)NC(=O)CCCCCCCCCCCCCCCC/C=C\CCCCCCCCCCCCCCOC(=O)CCCCCCCCCCCCCCCCCCCC. The Balaban J connectivity index is 3.36. The summed E-state index contributed by atoms with van der Waals surface area (Å²) in [4.78, 5) is 24.6. The van der Waals surface area contributed by atoms with E-state index < -0.39 is 12.1 Å². The van der Waals surface area contributed by atoms with Crippen LogP contribution in [0.15, 0.2) is 24.3 Å². The number of aliphatic hydroxyl groups is 2. The molecule has 6 heteroatoms. The first kappa shape index (κ1) is 81.3. The van der Waals surface area contributed by atoms with Crippen molar-refractivity contribution < 1.29 is 24.5 Å². The van der Waals surface area contributed by atoms with Gasteiger partial charge in [-0.25, -0.2) is 0 Å². The van der Waals surface area contributed by atoms with Crippen molar-refractivity contribution in [1.29, 1.82) is 0 Å². The summed E-state index contributed by atoms with van der Waals surface area (Å²) in [7, 11) is 0. The van der Waals surface area contributed by atoms with Gasteiger partial charge in [0.2, 0.25) is 5.91 Å². The van der Waals surface area contributed by atoms with Crippen LogP contribution in [0.2, 0.25) is 0 Å². The average Bonchev–Trinajstić information content (AvgIpc) is 3.49. The Morgan fingerprint density at radius 1 is 0.325 bits per heavy atom. The number of carbonyl (C=O) groups is 2. The maximum absolute atomic E-state index is 12.5. The van der Waals surface area contributed by atoms with Crippen LogP contribution in [0.5, 0.6) is 0 Å². The number of nitrogens with one attached hydrogen (secondary N) is 1. The summed E-state index contributed by atoms with van der Waals surface area (Å²) < 4.78 is 5.51. The van der Waals surface area contributed by atoms with Crippen LogP contribution in [0, 0.1) is 0 Å². The number of hydrogen-bond acceptors (Lipinski definition) is 5. The zero-order chi connectivity index (χ0) is 59.9. The predicted octanol–water partition coefficient (Wildman–Crippen LogP) is 24.9. The van der Waals surface area contributed by atoms with Crippen molar-refractivity contribution in [2.24, 2.45) is 0 Å². The van der Waals surface area contributed by atoms with Gasteiger partial charge in [0.25, 0.3) is 0 Å². The molecule has 492 valence electrons. The highest BCUT2D eigenvalue weighted by Crippen LogP contribution is 2.19. The van der Waals surface area contributed by atoms with Crippen molar-refractivity contribution in [1.82, 2.24) is 5.32 Å². The minimum absolute atomic E-state index is 0.0221. The molecular formula is C77H149NO5. The molecule has 0 aromatic carbocycles. The molecule has 1 amide bonds. The lowest BCUT2D eigenvalue weighted by molar-refractivity contribution is -0.143.